The summed E-state index contributed by atoms with van der Waals surface area (Å²) in [5.74, 6) is 3.04. The molecule has 0 spiro atoms. The summed E-state index contributed by atoms with van der Waals surface area (Å²) in [6.07, 6.45) is 7.26. The summed E-state index contributed by atoms with van der Waals surface area (Å²) in [4.78, 5) is 17.9. The van der Waals surface area contributed by atoms with E-state index in [2.05, 4.69) is 29.8 Å². The molecule has 1 atom stereocenters. The molecule has 5 aromatic rings. The van der Waals surface area contributed by atoms with Crippen LogP contribution in [0, 0.1) is 6.92 Å². The zero-order chi connectivity index (χ0) is 25.1. The highest BCUT2D eigenvalue weighted by Gasteiger charge is 2.26. The van der Waals surface area contributed by atoms with Crippen molar-refractivity contribution in [2.75, 3.05) is 17.7 Å². The lowest BCUT2D eigenvalue weighted by atomic mass is 9.96. The zero-order valence-corrected chi connectivity index (χ0v) is 20.1. The van der Waals surface area contributed by atoms with Crippen molar-refractivity contribution in [2.45, 2.75) is 39.0 Å². The minimum atomic E-state index is -1.11. The molecule has 3 N–H and O–H groups in total. The Bertz CT molecular complexity index is 1670. The third-order valence-electron chi connectivity index (χ3n) is 7.11. The van der Waals surface area contributed by atoms with Gasteiger partial charge in [-0.25, -0.2) is 24.3 Å². The van der Waals surface area contributed by atoms with Crippen LogP contribution in [0.5, 0.6) is 5.88 Å². The number of nitrogens with two attached hydrogens (primary N) is 1. The van der Waals surface area contributed by atoms with Gasteiger partial charge in [0, 0.05) is 66.9 Å². The smallest absolute Gasteiger partial charge is 0.219 e. The maximum atomic E-state index is 14.7. The van der Waals surface area contributed by atoms with Gasteiger partial charge < -0.3 is 20.4 Å². The molecule has 2 aliphatic heterocycles. The number of imidazole rings is 1. The van der Waals surface area contributed by atoms with Crippen molar-refractivity contribution in [1.29, 1.82) is 0 Å². The van der Waals surface area contributed by atoms with E-state index in [1.165, 1.54) is 0 Å². The molecule has 2 aliphatic rings. The van der Waals surface area contributed by atoms with Crippen LogP contribution < -0.4 is 15.8 Å². The number of aryl methyl sites for hydroxylation is 2. The predicted molar refractivity (Wildman–Crippen MR) is 136 cm³/mol. The Kier molecular flexibility index (Phi) is 4.85. The molecule has 7 heterocycles. The van der Waals surface area contributed by atoms with E-state index in [0.717, 1.165) is 46.4 Å². The van der Waals surface area contributed by atoms with Crippen LogP contribution in [0.2, 0.25) is 0 Å². The number of nitrogens with one attached hydrogen (secondary N) is 1. The second-order valence-electron chi connectivity index (χ2n) is 9.39. The van der Waals surface area contributed by atoms with E-state index in [4.69, 9.17) is 15.6 Å². The lowest BCUT2D eigenvalue weighted by Crippen LogP contribution is -2.14. The lowest BCUT2D eigenvalue weighted by Gasteiger charge is -2.22. The molecule has 10 nitrogen and oxygen atoms in total. The van der Waals surface area contributed by atoms with E-state index in [9.17, 15) is 4.39 Å². The molecule has 0 radical (unpaired) electrons. The molecule has 0 bridgehead atoms. The van der Waals surface area contributed by atoms with Gasteiger partial charge in [0.1, 0.15) is 23.6 Å². The van der Waals surface area contributed by atoms with E-state index in [-0.39, 0.29) is 0 Å². The van der Waals surface area contributed by atoms with E-state index in [0.29, 0.717) is 54.2 Å². The summed E-state index contributed by atoms with van der Waals surface area (Å²) < 4.78 is 24.4. The maximum Gasteiger partial charge on any atom is 0.219 e. The normalized spacial score (nSPS) is 16.4. The van der Waals surface area contributed by atoms with Crippen LogP contribution in [0.4, 0.5) is 21.8 Å². The number of fused-ring (bicyclic) bond motifs is 4. The van der Waals surface area contributed by atoms with Crippen LogP contribution in [-0.2, 0) is 19.5 Å². The van der Waals surface area contributed by atoms with Crippen molar-refractivity contribution < 1.29 is 9.13 Å². The fourth-order valence-electron chi connectivity index (χ4n) is 5.17. The molecule has 0 saturated carbocycles. The van der Waals surface area contributed by atoms with Gasteiger partial charge in [-0.15, -0.1) is 0 Å². The predicted octanol–water partition coefficient (Wildman–Crippen LogP) is 4.12. The van der Waals surface area contributed by atoms with E-state index >= 15 is 0 Å². The van der Waals surface area contributed by atoms with Crippen molar-refractivity contribution in [3.8, 4) is 17.1 Å². The summed E-state index contributed by atoms with van der Waals surface area (Å²) in [5.41, 5.74) is 10.0. The Morgan fingerprint density at radius 3 is 2.97 bits per heavy atom. The van der Waals surface area contributed by atoms with Crippen molar-refractivity contribution in [3.05, 3.63) is 65.6 Å². The maximum absolute atomic E-state index is 14.7. The minimum absolute atomic E-state index is 0.313. The van der Waals surface area contributed by atoms with E-state index in [1.54, 1.807) is 12.4 Å². The number of nitrogen functional groups attached to an aromatic ring is 1. The second-order valence-corrected chi connectivity index (χ2v) is 9.39. The fourth-order valence-corrected chi connectivity index (χ4v) is 5.17. The van der Waals surface area contributed by atoms with Crippen LogP contribution in [0.15, 0.2) is 43.0 Å². The zero-order valence-electron chi connectivity index (χ0n) is 20.1. The standard InChI is InChI=1S/C26H24FN9O/c1-14-17(11-31-26-24(14)19(27)3-7-37-26)20-8-15-9-21(30-12-18(15)25(28)32-20)33-22-10-16-2-5-35-6-4-29-23(35)13-36(16)34-22/h4,6,8-12,19H,2-3,5,7,13H2,1H3,(H2,28,32)(H,30,33,34). The van der Waals surface area contributed by atoms with Gasteiger partial charge in [0.25, 0.3) is 0 Å². The van der Waals surface area contributed by atoms with Crippen LogP contribution in [-0.4, -0.2) is 40.9 Å². The molecule has 5 aromatic heterocycles. The molecule has 186 valence electrons. The molecule has 0 fully saturated rings. The molecule has 1 unspecified atom stereocenters. The summed E-state index contributed by atoms with van der Waals surface area (Å²) in [6.45, 7) is 3.69. The highest BCUT2D eigenvalue weighted by atomic mass is 19.1. The van der Waals surface area contributed by atoms with Gasteiger partial charge in [-0.3, -0.25) is 4.68 Å². The Balaban J connectivity index is 1.22. The number of alkyl halides is 1. The number of nitrogens with zero attached hydrogens (tertiary/aromatic N) is 7. The van der Waals surface area contributed by atoms with Crippen molar-refractivity contribution in [1.82, 2.24) is 34.3 Å². The number of hydrogen-bond acceptors (Lipinski definition) is 8. The number of aromatic nitrogens is 7. The van der Waals surface area contributed by atoms with Crippen molar-refractivity contribution in [2.24, 2.45) is 0 Å². The average Bonchev–Trinajstić information content (AvgIpc) is 3.45. The Labute approximate surface area is 211 Å². The van der Waals surface area contributed by atoms with E-state index in [1.807, 2.05) is 42.2 Å². The van der Waals surface area contributed by atoms with Gasteiger partial charge in [0.15, 0.2) is 5.82 Å². The van der Waals surface area contributed by atoms with Gasteiger partial charge in [-0.1, -0.05) is 0 Å². The number of pyridine rings is 3. The van der Waals surface area contributed by atoms with Gasteiger partial charge in [-0.2, -0.15) is 5.10 Å². The molecular weight excluding hydrogens is 473 g/mol. The molecule has 0 aliphatic carbocycles. The summed E-state index contributed by atoms with van der Waals surface area (Å²) in [6, 6.07) is 5.88. The SMILES string of the molecule is Cc1c(-c2cc3cc(Nc4cc5n(n4)Cc4nccn4CC5)ncc3c(N)n2)cnc2c1C(F)CCO2. The largest absolute Gasteiger partial charge is 0.477 e. The molecule has 11 heteroatoms. The Morgan fingerprint density at radius 1 is 1.14 bits per heavy atom. The second kappa shape index (κ2) is 8.26. The molecular formula is C26H24FN9O. The van der Waals surface area contributed by atoms with Crippen molar-refractivity contribution in [3.63, 3.8) is 0 Å². The first-order valence-electron chi connectivity index (χ1n) is 12.2. The molecule has 0 aromatic carbocycles. The minimum Gasteiger partial charge on any atom is -0.477 e. The lowest BCUT2D eigenvalue weighted by molar-refractivity contribution is 0.192. The highest BCUT2D eigenvalue weighted by molar-refractivity contribution is 5.95. The fraction of sp³-hybridized carbons (Fsp3) is 0.269. The number of ether oxygens (including phenoxy) is 1. The van der Waals surface area contributed by atoms with Crippen LogP contribution in [0.3, 0.4) is 0 Å². The molecule has 0 amide bonds. The van der Waals surface area contributed by atoms with Crippen LogP contribution in [0.25, 0.3) is 22.0 Å². The van der Waals surface area contributed by atoms with Crippen molar-refractivity contribution >= 4 is 28.2 Å². The molecule has 0 saturated heterocycles. The van der Waals surface area contributed by atoms with Gasteiger partial charge in [0.2, 0.25) is 5.88 Å². The summed E-state index contributed by atoms with van der Waals surface area (Å²) in [7, 11) is 0. The van der Waals surface area contributed by atoms with Crippen LogP contribution >= 0.6 is 0 Å². The first-order valence-corrected chi connectivity index (χ1v) is 12.2. The molecule has 37 heavy (non-hydrogen) atoms. The third-order valence-corrected chi connectivity index (χ3v) is 7.11. The Hall–Kier alpha value is -4.54. The first-order chi connectivity index (χ1) is 18.0. The molecule has 7 rings (SSSR count). The van der Waals surface area contributed by atoms with E-state index < -0.39 is 6.17 Å². The monoisotopic (exact) mass is 497 g/mol. The average molecular weight is 498 g/mol. The number of anilines is 3. The highest BCUT2D eigenvalue weighted by Crippen LogP contribution is 2.39. The summed E-state index contributed by atoms with van der Waals surface area (Å²) >= 11 is 0. The first kappa shape index (κ1) is 21.7. The summed E-state index contributed by atoms with van der Waals surface area (Å²) in [5, 5.41) is 9.63. The topological polar surface area (TPSA) is 122 Å². The van der Waals surface area contributed by atoms with Crippen LogP contribution in [0.1, 0.15) is 35.2 Å². The number of rotatable bonds is 3. The third kappa shape index (κ3) is 3.65. The Morgan fingerprint density at radius 2 is 2.05 bits per heavy atom. The number of halogens is 1. The van der Waals surface area contributed by atoms with Gasteiger partial charge >= 0.3 is 0 Å². The van der Waals surface area contributed by atoms with Gasteiger partial charge in [-0.05, 0) is 30.0 Å². The quantitative estimate of drug-likeness (QED) is 0.382. The van der Waals surface area contributed by atoms with Gasteiger partial charge in [0.05, 0.1) is 24.4 Å². The number of hydrogen-bond donors (Lipinski definition) is 2.